The van der Waals surface area contributed by atoms with E-state index >= 15 is 0 Å². The number of nitro benzene ring substituents is 1. The normalized spacial score (nSPS) is 11.4. The van der Waals surface area contributed by atoms with E-state index in [-0.39, 0.29) is 17.1 Å². The first-order valence-corrected chi connectivity index (χ1v) is 8.40. The van der Waals surface area contributed by atoms with Crippen LogP contribution in [0.25, 0.3) is 0 Å². The van der Waals surface area contributed by atoms with Crippen molar-refractivity contribution in [2.75, 3.05) is 26.7 Å². The summed E-state index contributed by atoms with van der Waals surface area (Å²) < 4.78 is 25.5. The van der Waals surface area contributed by atoms with E-state index in [9.17, 15) is 23.3 Å². The van der Waals surface area contributed by atoms with Crippen molar-refractivity contribution in [1.82, 2.24) is 9.62 Å². The van der Waals surface area contributed by atoms with E-state index in [1.165, 1.54) is 25.2 Å². The lowest BCUT2D eigenvalue weighted by Crippen LogP contribution is -2.38. The number of amides is 1. The zero-order valence-corrected chi connectivity index (χ0v) is 13.6. The molecular formula is C13H20N4O5S. The number of rotatable bonds is 9. The first-order chi connectivity index (χ1) is 10.8. The Morgan fingerprint density at radius 1 is 1.39 bits per heavy atom. The second-order valence-corrected chi connectivity index (χ2v) is 6.91. The molecule has 0 aliphatic heterocycles. The van der Waals surface area contributed by atoms with Crippen LogP contribution in [0.4, 0.5) is 5.69 Å². The number of benzene rings is 1. The van der Waals surface area contributed by atoms with E-state index in [4.69, 9.17) is 5.73 Å². The van der Waals surface area contributed by atoms with Crippen molar-refractivity contribution < 1.29 is 18.1 Å². The minimum Gasteiger partial charge on any atom is -0.355 e. The summed E-state index contributed by atoms with van der Waals surface area (Å²) in [6.07, 6.45) is 1.48. The predicted molar refractivity (Wildman–Crippen MR) is 84.2 cm³/mol. The average Bonchev–Trinajstić information content (AvgIpc) is 2.51. The number of hydrogen-bond donors (Lipinski definition) is 2. The van der Waals surface area contributed by atoms with Gasteiger partial charge in [0.25, 0.3) is 5.69 Å². The molecule has 0 aliphatic carbocycles. The Bertz CT molecular complexity index is 662. The van der Waals surface area contributed by atoms with Crippen molar-refractivity contribution in [3.8, 4) is 0 Å². The second-order valence-electron chi connectivity index (χ2n) is 4.86. The Hall–Kier alpha value is -2.04. The average molecular weight is 344 g/mol. The monoisotopic (exact) mass is 344 g/mol. The van der Waals surface area contributed by atoms with Gasteiger partial charge in [-0.15, -0.1) is 0 Å². The summed E-state index contributed by atoms with van der Waals surface area (Å²) in [4.78, 5) is 21.5. The summed E-state index contributed by atoms with van der Waals surface area (Å²) in [5, 5.41) is 13.3. The molecule has 1 aromatic rings. The van der Waals surface area contributed by atoms with Gasteiger partial charge in [0.15, 0.2) is 0 Å². The van der Waals surface area contributed by atoms with Gasteiger partial charge in [-0.05, 0) is 25.5 Å². The number of nitrogens with one attached hydrogen (secondary N) is 1. The maximum atomic E-state index is 12.3. The maximum absolute atomic E-state index is 12.3. The van der Waals surface area contributed by atoms with Crippen molar-refractivity contribution in [1.29, 1.82) is 0 Å². The Morgan fingerprint density at radius 3 is 2.70 bits per heavy atom. The Labute approximate surface area is 134 Å². The van der Waals surface area contributed by atoms with Crippen molar-refractivity contribution >= 4 is 21.6 Å². The number of carbonyl (C=O) groups is 1. The van der Waals surface area contributed by atoms with Crippen LogP contribution in [0.3, 0.4) is 0 Å². The second kappa shape index (κ2) is 8.56. The molecule has 1 amide bonds. The summed E-state index contributed by atoms with van der Waals surface area (Å²) in [6.45, 7) is 0.575. The Balaban J connectivity index is 2.74. The number of sulfonamides is 1. The first-order valence-electron chi connectivity index (χ1n) is 6.96. The fourth-order valence-electron chi connectivity index (χ4n) is 1.78. The van der Waals surface area contributed by atoms with E-state index in [0.717, 1.165) is 16.8 Å². The van der Waals surface area contributed by atoms with Crippen LogP contribution in [0.15, 0.2) is 29.2 Å². The molecule has 3 N–H and O–H groups in total. The van der Waals surface area contributed by atoms with Crippen LogP contribution in [0.2, 0.25) is 0 Å². The van der Waals surface area contributed by atoms with Crippen LogP contribution >= 0.6 is 0 Å². The smallest absolute Gasteiger partial charge is 0.270 e. The molecule has 0 unspecified atom stereocenters. The number of nitrogens with zero attached hydrogens (tertiary/aromatic N) is 2. The third-order valence-corrected chi connectivity index (χ3v) is 4.86. The summed E-state index contributed by atoms with van der Waals surface area (Å²) in [7, 11) is -2.73. The molecule has 0 heterocycles. The molecule has 0 fully saturated rings. The quantitative estimate of drug-likeness (QED) is 0.370. The maximum Gasteiger partial charge on any atom is 0.270 e. The molecule has 0 spiro atoms. The molecular weight excluding hydrogens is 324 g/mol. The molecule has 0 bridgehead atoms. The van der Waals surface area contributed by atoms with Gasteiger partial charge >= 0.3 is 0 Å². The Morgan fingerprint density at radius 2 is 2.09 bits per heavy atom. The van der Waals surface area contributed by atoms with E-state index in [2.05, 4.69) is 5.32 Å². The number of nitrogens with two attached hydrogens (primary N) is 1. The zero-order valence-electron chi connectivity index (χ0n) is 12.8. The lowest BCUT2D eigenvalue weighted by Gasteiger charge is -2.16. The van der Waals surface area contributed by atoms with Gasteiger partial charge in [0, 0.05) is 25.7 Å². The number of nitro groups is 1. The van der Waals surface area contributed by atoms with Crippen molar-refractivity contribution in [2.24, 2.45) is 5.73 Å². The molecule has 0 aliphatic rings. The molecule has 1 aromatic carbocycles. The highest BCUT2D eigenvalue weighted by atomic mass is 32.2. The number of hydrogen-bond acceptors (Lipinski definition) is 6. The fourth-order valence-corrected chi connectivity index (χ4v) is 2.95. The van der Waals surface area contributed by atoms with Gasteiger partial charge < -0.3 is 11.1 Å². The van der Waals surface area contributed by atoms with E-state index in [0.29, 0.717) is 19.5 Å². The summed E-state index contributed by atoms with van der Waals surface area (Å²) in [5.41, 5.74) is 5.00. The van der Waals surface area contributed by atoms with Crippen molar-refractivity contribution in [3.63, 3.8) is 0 Å². The molecule has 0 aromatic heterocycles. The zero-order chi connectivity index (χ0) is 17.5. The molecule has 9 nitrogen and oxygen atoms in total. The highest BCUT2D eigenvalue weighted by Crippen LogP contribution is 2.19. The molecule has 0 atom stereocenters. The SMILES string of the molecule is CN(CC(=O)NCCCCN)S(=O)(=O)c1cccc([N+](=O)[O-])c1. The third-order valence-electron chi connectivity index (χ3n) is 3.06. The van der Waals surface area contributed by atoms with E-state index in [1.54, 1.807) is 0 Å². The van der Waals surface area contributed by atoms with E-state index in [1.807, 2.05) is 0 Å². The van der Waals surface area contributed by atoms with Gasteiger partial charge in [0.1, 0.15) is 0 Å². The molecule has 0 saturated carbocycles. The van der Waals surface area contributed by atoms with Crippen molar-refractivity contribution in [2.45, 2.75) is 17.7 Å². The van der Waals surface area contributed by atoms with Gasteiger partial charge in [0.2, 0.25) is 15.9 Å². The van der Waals surface area contributed by atoms with Crippen LogP contribution in [-0.4, -0.2) is 50.2 Å². The highest BCUT2D eigenvalue weighted by molar-refractivity contribution is 7.89. The Kier molecular flexibility index (Phi) is 7.07. The largest absolute Gasteiger partial charge is 0.355 e. The minimum absolute atomic E-state index is 0.231. The van der Waals surface area contributed by atoms with Gasteiger partial charge in [-0.25, -0.2) is 8.42 Å². The standard InChI is InChI=1S/C13H20N4O5S/c1-16(10-13(18)15-8-3-2-7-14)23(21,22)12-6-4-5-11(9-12)17(19)20/h4-6,9H,2-3,7-8,10,14H2,1H3,(H,15,18). The molecule has 10 heteroatoms. The van der Waals surface area contributed by atoms with Gasteiger partial charge in [-0.2, -0.15) is 4.31 Å². The van der Waals surface area contributed by atoms with Gasteiger partial charge in [0.05, 0.1) is 16.4 Å². The topological polar surface area (TPSA) is 136 Å². The number of likely N-dealkylation sites (N-methyl/N-ethyl adjacent to an activating group) is 1. The third kappa shape index (κ3) is 5.58. The van der Waals surface area contributed by atoms with Crippen molar-refractivity contribution in [3.05, 3.63) is 34.4 Å². The predicted octanol–water partition coefficient (Wildman–Crippen LogP) is 0.0704. The summed E-state index contributed by atoms with van der Waals surface area (Å²) in [6, 6.07) is 4.69. The fraction of sp³-hybridized carbons (Fsp3) is 0.462. The summed E-state index contributed by atoms with van der Waals surface area (Å²) >= 11 is 0. The molecule has 0 radical (unpaired) electrons. The van der Waals surface area contributed by atoms with Gasteiger partial charge in [-0.3, -0.25) is 14.9 Å². The molecule has 0 saturated heterocycles. The van der Waals surface area contributed by atoms with E-state index < -0.39 is 20.9 Å². The first kappa shape index (κ1) is 19.0. The molecule has 128 valence electrons. The lowest BCUT2D eigenvalue weighted by atomic mass is 10.3. The number of non-ortho nitro benzene ring substituents is 1. The van der Waals surface area contributed by atoms with Gasteiger partial charge in [-0.1, -0.05) is 6.07 Å². The summed E-state index contributed by atoms with van der Waals surface area (Å²) in [5.74, 6) is -0.446. The highest BCUT2D eigenvalue weighted by Gasteiger charge is 2.24. The van der Waals surface area contributed by atoms with Crippen LogP contribution in [0, 0.1) is 10.1 Å². The van der Waals surface area contributed by atoms with Crippen LogP contribution in [0.1, 0.15) is 12.8 Å². The molecule has 1 rings (SSSR count). The van der Waals surface area contributed by atoms with Crippen LogP contribution in [0.5, 0.6) is 0 Å². The van der Waals surface area contributed by atoms with Crippen LogP contribution < -0.4 is 11.1 Å². The number of unbranched alkanes of at least 4 members (excludes halogenated alkanes) is 1. The number of carbonyl (C=O) groups excluding carboxylic acids is 1. The van der Waals surface area contributed by atoms with Crippen LogP contribution in [-0.2, 0) is 14.8 Å². The minimum atomic E-state index is -3.98. The molecule has 23 heavy (non-hydrogen) atoms. The lowest BCUT2D eigenvalue weighted by molar-refractivity contribution is -0.385.